The van der Waals surface area contributed by atoms with Gasteiger partial charge in [-0.25, -0.2) is 14.7 Å². The highest BCUT2D eigenvalue weighted by Gasteiger charge is 2.26. The standard InChI is InChI=1S/C33H28N4O5S/c1-19-16-17-27(41-21(3)22-10-5-4-6-11-22)30-24(33(38)37-43(39,40)29-15-9-14-28(34)36-29)18-25(35-31(19)30)32-20(2)23-12-7-8-13-26(23)42-32/h4-18,21H,1-3H3,(H2,34,36)(H,37,38). The van der Waals surface area contributed by atoms with Gasteiger partial charge >= 0.3 is 0 Å². The Morgan fingerprint density at radius 3 is 2.42 bits per heavy atom. The highest BCUT2D eigenvalue weighted by atomic mass is 32.2. The van der Waals surface area contributed by atoms with E-state index in [4.69, 9.17) is 19.9 Å². The maximum Gasteiger partial charge on any atom is 0.281 e. The van der Waals surface area contributed by atoms with E-state index in [-0.39, 0.29) is 22.5 Å². The SMILES string of the molecule is Cc1c(-c2cc(C(=O)NS(=O)(=O)c3cccc(N)n3)c3c(OC(C)c4ccccc4)ccc(C)c3n2)oc2ccccc12. The molecule has 0 bridgehead atoms. The number of anilines is 1. The van der Waals surface area contributed by atoms with E-state index in [1.54, 1.807) is 6.07 Å². The molecule has 3 aromatic heterocycles. The van der Waals surface area contributed by atoms with Gasteiger partial charge in [-0.2, -0.15) is 8.42 Å². The van der Waals surface area contributed by atoms with E-state index in [1.807, 2.05) is 81.4 Å². The molecule has 0 aliphatic carbocycles. The van der Waals surface area contributed by atoms with Gasteiger partial charge in [-0.05, 0) is 62.2 Å². The van der Waals surface area contributed by atoms with Crippen molar-refractivity contribution in [1.82, 2.24) is 14.7 Å². The minimum Gasteiger partial charge on any atom is -0.485 e. The lowest BCUT2D eigenvalue weighted by Gasteiger charge is -2.19. The van der Waals surface area contributed by atoms with Crippen molar-refractivity contribution in [2.45, 2.75) is 31.9 Å². The van der Waals surface area contributed by atoms with Crippen molar-refractivity contribution < 1.29 is 22.4 Å². The Balaban J connectivity index is 1.54. The number of aryl methyl sites for hydroxylation is 2. The van der Waals surface area contributed by atoms with Crippen molar-refractivity contribution in [3.05, 3.63) is 113 Å². The molecular weight excluding hydrogens is 564 g/mol. The summed E-state index contributed by atoms with van der Waals surface area (Å²) in [7, 11) is -4.37. The molecule has 1 atom stereocenters. The van der Waals surface area contributed by atoms with Crippen molar-refractivity contribution in [2.75, 3.05) is 5.73 Å². The fourth-order valence-corrected chi connectivity index (χ4v) is 5.99. The zero-order valence-electron chi connectivity index (χ0n) is 23.7. The summed E-state index contributed by atoms with van der Waals surface area (Å²) in [4.78, 5) is 22.7. The van der Waals surface area contributed by atoms with Crippen LogP contribution in [0.2, 0.25) is 0 Å². The normalized spacial score (nSPS) is 12.3. The second kappa shape index (κ2) is 10.9. The number of rotatable bonds is 7. The number of nitrogens with two attached hydrogens (primary N) is 1. The van der Waals surface area contributed by atoms with Crippen molar-refractivity contribution in [2.24, 2.45) is 0 Å². The molecule has 3 heterocycles. The van der Waals surface area contributed by atoms with Gasteiger partial charge in [0.2, 0.25) is 0 Å². The maximum atomic E-state index is 13.9. The molecule has 3 N–H and O–H groups in total. The van der Waals surface area contributed by atoms with Crippen molar-refractivity contribution >= 4 is 43.6 Å². The van der Waals surface area contributed by atoms with Gasteiger partial charge in [0.25, 0.3) is 15.9 Å². The predicted octanol–water partition coefficient (Wildman–Crippen LogP) is 6.50. The van der Waals surface area contributed by atoms with Gasteiger partial charge in [-0.1, -0.05) is 60.7 Å². The summed E-state index contributed by atoms with van der Waals surface area (Å²) < 4.78 is 41.2. The molecule has 0 saturated heterocycles. The molecule has 0 fully saturated rings. The maximum absolute atomic E-state index is 13.9. The van der Waals surface area contributed by atoms with E-state index < -0.39 is 15.9 Å². The van der Waals surface area contributed by atoms with Gasteiger partial charge < -0.3 is 14.9 Å². The van der Waals surface area contributed by atoms with Gasteiger partial charge in [0.1, 0.15) is 28.9 Å². The van der Waals surface area contributed by atoms with E-state index in [0.29, 0.717) is 33.7 Å². The molecule has 43 heavy (non-hydrogen) atoms. The van der Waals surface area contributed by atoms with Gasteiger partial charge in [0.15, 0.2) is 10.8 Å². The Morgan fingerprint density at radius 2 is 1.67 bits per heavy atom. The number of nitrogens with one attached hydrogen (secondary N) is 1. The van der Waals surface area contributed by atoms with Crippen molar-refractivity contribution in [3.8, 4) is 17.2 Å². The lowest BCUT2D eigenvalue weighted by molar-refractivity contribution is 0.0982. The summed E-state index contributed by atoms with van der Waals surface area (Å²) in [5, 5.41) is 0.901. The number of carbonyl (C=O) groups excluding carboxylic acids is 1. The Bertz CT molecular complexity index is 2120. The molecule has 3 aromatic carbocycles. The third-order valence-corrected chi connectivity index (χ3v) is 8.50. The molecule has 10 heteroatoms. The molecule has 216 valence electrons. The Labute approximate surface area is 248 Å². The average Bonchev–Trinajstić information content (AvgIpc) is 3.34. The minimum atomic E-state index is -4.37. The van der Waals surface area contributed by atoms with Crippen LogP contribution in [0.1, 0.15) is 40.1 Å². The van der Waals surface area contributed by atoms with Crippen LogP contribution >= 0.6 is 0 Å². The number of hydrogen-bond donors (Lipinski definition) is 2. The Hall–Kier alpha value is -5.22. The number of benzene rings is 3. The number of nitrogens with zero attached hydrogens (tertiary/aromatic N) is 2. The third kappa shape index (κ3) is 5.28. The van der Waals surface area contributed by atoms with Crippen molar-refractivity contribution in [3.63, 3.8) is 0 Å². The highest BCUT2D eigenvalue weighted by molar-refractivity contribution is 7.90. The van der Waals surface area contributed by atoms with Crippen LogP contribution in [0.4, 0.5) is 5.82 Å². The number of aromatic nitrogens is 2. The number of hydrogen-bond acceptors (Lipinski definition) is 8. The number of para-hydroxylation sites is 1. The van der Waals surface area contributed by atoms with E-state index in [1.165, 1.54) is 24.3 Å². The average molecular weight is 593 g/mol. The number of carbonyl (C=O) groups is 1. The molecule has 0 spiro atoms. The number of ether oxygens (including phenoxy) is 1. The van der Waals surface area contributed by atoms with Crippen LogP contribution in [0.3, 0.4) is 0 Å². The summed E-state index contributed by atoms with van der Waals surface area (Å²) >= 11 is 0. The summed E-state index contributed by atoms with van der Waals surface area (Å²) in [5.74, 6) is -0.0224. The Morgan fingerprint density at radius 1 is 0.930 bits per heavy atom. The molecule has 9 nitrogen and oxygen atoms in total. The van der Waals surface area contributed by atoms with Crippen LogP contribution in [-0.4, -0.2) is 24.3 Å². The van der Waals surface area contributed by atoms with Crippen LogP contribution in [0.15, 0.2) is 100 Å². The number of fused-ring (bicyclic) bond motifs is 2. The molecule has 0 aliphatic heterocycles. The molecule has 1 amide bonds. The topological polar surface area (TPSA) is 137 Å². The number of furan rings is 1. The first kappa shape index (κ1) is 27.9. The monoisotopic (exact) mass is 592 g/mol. The van der Waals surface area contributed by atoms with E-state index in [9.17, 15) is 13.2 Å². The predicted molar refractivity (Wildman–Crippen MR) is 165 cm³/mol. The second-order valence-corrected chi connectivity index (χ2v) is 11.8. The summed E-state index contributed by atoms with van der Waals surface area (Å²) in [6.07, 6.45) is -0.375. The van der Waals surface area contributed by atoms with Gasteiger partial charge in [0.05, 0.1) is 16.5 Å². The lowest BCUT2D eigenvalue weighted by atomic mass is 10.0. The minimum absolute atomic E-state index is 0.00791. The quantitative estimate of drug-likeness (QED) is 0.214. The molecular formula is C33H28N4O5S. The van der Waals surface area contributed by atoms with Crippen LogP contribution in [0.5, 0.6) is 5.75 Å². The number of amides is 1. The molecule has 6 aromatic rings. The van der Waals surface area contributed by atoms with Crippen LogP contribution in [0, 0.1) is 13.8 Å². The zero-order chi connectivity index (χ0) is 30.3. The number of nitrogen functional groups attached to an aromatic ring is 1. The lowest BCUT2D eigenvalue weighted by Crippen LogP contribution is -2.31. The highest BCUT2D eigenvalue weighted by Crippen LogP contribution is 2.38. The molecule has 0 radical (unpaired) electrons. The molecule has 0 aliphatic rings. The van der Waals surface area contributed by atoms with Crippen LogP contribution in [-0.2, 0) is 10.0 Å². The summed E-state index contributed by atoms with van der Waals surface area (Å²) in [6.45, 7) is 5.68. The molecule has 1 unspecified atom stereocenters. The summed E-state index contributed by atoms with van der Waals surface area (Å²) in [6, 6.07) is 26.5. The van der Waals surface area contributed by atoms with Crippen LogP contribution in [0.25, 0.3) is 33.3 Å². The number of sulfonamides is 1. The van der Waals surface area contributed by atoms with Crippen molar-refractivity contribution in [1.29, 1.82) is 0 Å². The van der Waals surface area contributed by atoms with E-state index >= 15 is 0 Å². The fraction of sp³-hybridized carbons (Fsp3) is 0.121. The third-order valence-electron chi connectivity index (χ3n) is 7.27. The Kier molecular flexibility index (Phi) is 7.07. The largest absolute Gasteiger partial charge is 0.485 e. The molecule has 6 rings (SSSR count). The van der Waals surface area contributed by atoms with Gasteiger partial charge in [0, 0.05) is 10.9 Å². The molecule has 0 saturated carbocycles. The number of pyridine rings is 2. The van der Waals surface area contributed by atoms with Crippen LogP contribution < -0.4 is 15.2 Å². The first-order valence-electron chi connectivity index (χ1n) is 13.6. The van der Waals surface area contributed by atoms with Gasteiger partial charge in [-0.3, -0.25) is 4.79 Å². The second-order valence-electron chi connectivity index (χ2n) is 10.2. The zero-order valence-corrected chi connectivity index (χ0v) is 24.5. The van der Waals surface area contributed by atoms with E-state index in [2.05, 4.69) is 9.71 Å². The first-order valence-corrected chi connectivity index (χ1v) is 15.0. The van der Waals surface area contributed by atoms with E-state index in [0.717, 1.165) is 22.1 Å². The summed E-state index contributed by atoms with van der Waals surface area (Å²) in [5.41, 5.74) is 9.81. The van der Waals surface area contributed by atoms with Gasteiger partial charge in [-0.15, -0.1) is 0 Å². The smallest absolute Gasteiger partial charge is 0.281 e. The fourth-order valence-electron chi connectivity index (χ4n) is 5.05. The first-order chi connectivity index (χ1) is 20.6.